The molecule has 0 atom stereocenters. The van der Waals surface area contributed by atoms with E-state index in [0.717, 1.165) is 12.2 Å². The van der Waals surface area contributed by atoms with Crippen molar-refractivity contribution in [3.8, 4) is 0 Å². The highest BCUT2D eigenvalue weighted by Crippen LogP contribution is 2.45. The third-order valence-electron chi connectivity index (χ3n) is 4.87. The Morgan fingerprint density at radius 1 is 1.22 bits per heavy atom. The highest BCUT2D eigenvalue weighted by atomic mass is 15.2. The van der Waals surface area contributed by atoms with Gasteiger partial charge in [-0.25, -0.2) is 0 Å². The predicted molar refractivity (Wildman–Crippen MR) is 76.4 cm³/mol. The standard InChI is InChI=1S/C16H24N2/c1-13-4-5-15(17)14(10-13)11-18-9-8-16(12-18)6-2-3-7-16/h4-5,10H,2-3,6-9,11-12,17H2,1H3. The Labute approximate surface area is 110 Å². The number of nitrogens with two attached hydrogens (primary N) is 1. The van der Waals surface area contributed by atoms with E-state index >= 15 is 0 Å². The number of benzene rings is 1. The van der Waals surface area contributed by atoms with Gasteiger partial charge in [0.05, 0.1) is 0 Å². The number of nitrogens with zero attached hydrogens (tertiary/aromatic N) is 1. The molecule has 2 heteroatoms. The first-order chi connectivity index (χ1) is 8.67. The molecular weight excluding hydrogens is 220 g/mol. The summed E-state index contributed by atoms with van der Waals surface area (Å²) >= 11 is 0. The fourth-order valence-electron chi connectivity index (χ4n) is 3.81. The Morgan fingerprint density at radius 2 is 2.00 bits per heavy atom. The lowest BCUT2D eigenvalue weighted by Crippen LogP contribution is -2.25. The predicted octanol–water partition coefficient (Wildman–Crippen LogP) is 3.34. The molecule has 1 heterocycles. The number of rotatable bonds is 2. The van der Waals surface area contributed by atoms with Crippen LogP contribution >= 0.6 is 0 Å². The van der Waals surface area contributed by atoms with Crippen molar-refractivity contribution in [3.63, 3.8) is 0 Å². The van der Waals surface area contributed by atoms with Gasteiger partial charge in [-0.1, -0.05) is 30.5 Å². The van der Waals surface area contributed by atoms with Gasteiger partial charge in [0.2, 0.25) is 0 Å². The maximum atomic E-state index is 6.09. The van der Waals surface area contributed by atoms with Crippen LogP contribution in [0.3, 0.4) is 0 Å². The summed E-state index contributed by atoms with van der Waals surface area (Å²) in [6, 6.07) is 6.39. The Balaban J connectivity index is 1.69. The number of hydrogen-bond donors (Lipinski definition) is 1. The average molecular weight is 244 g/mol. The van der Waals surface area contributed by atoms with Crippen molar-refractivity contribution in [2.24, 2.45) is 5.41 Å². The molecule has 2 N–H and O–H groups in total. The number of anilines is 1. The maximum Gasteiger partial charge on any atom is 0.0359 e. The van der Waals surface area contributed by atoms with Crippen LogP contribution in [0.4, 0.5) is 5.69 Å². The minimum absolute atomic E-state index is 0.665. The lowest BCUT2D eigenvalue weighted by atomic mass is 9.86. The van der Waals surface area contributed by atoms with Crippen molar-refractivity contribution < 1.29 is 0 Å². The van der Waals surface area contributed by atoms with E-state index in [1.54, 1.807) is 0 Å². The van der Waals surface area contributed by atoms with Crippen LogP contribution in [-0.4, -0.2) is 18.0 Å². The molecule has 1 aromatic carbocycles. The van der Waals surface area contributed by atoms with Crippen LogP contribution in [0.25, 0.3) is 0 Å². The summed E-state index contributed by atoms with van der Waals surface area (Å²) in [6.07, 6.45) is 7.19. The minimum atomic E-state index is 0.665. The number of hydrogen-bond acceptors (Lipinski definition) is 2. The topological polar surface area (TPSA) is 29.3 Å². The molecule has 0 radical (unpaired) electrons. The summed E-state index contributed by atoms with van der Waals surface area (Å²) in [5, 5.41) is 0. The number of likely N-dealkylation sites (tertiary alicyclic amines) is 1. The van der Waals surface area contributed by atoms with Gasteiger partial charge in [0.1, 0.15) is 0 Å². The van der Waals surface area contributed by atoms with Crippen molar-refractivity contribution in [2.45, 2.75) is 45.6 Å². The zero-order chi connectivity index (χ0) is 12.6. The molecule has 18 heavy (non-hydrogen) atoms. The van der Waals surface area contributed by atoms with E-state index in [0.29, 0.717) is 5.41 Å². The second-order valence-electron chi connectivity index (χ2n) is 6.37. The van der Waals surface area contributed by atoms with E-state index in [-0.39, 0.29) is 0 Å². The molecule has 2 aliphatic rings. The van der Waals surface area contributed by atoms with Gasteiger partial charge in [0, 0.05) is 18.8 Å². The summed E-state index contributed by atoms with van der Waals surface area (Å²) in [5.41, 5.74) is 10.3. The van der Waals surface area contributed by atoms with Crippen molar-refractivity contribution in [2.75, 3.05) is 18.8 Å². The Bertz CT molecular complexity index is 433. The molecule has 2 fully saturated rings. The second kappa shape index (κ2) is 4.58. The third-order valence-corrected chi connectivity index (χ3v) is 4.87. The fourth-order valence-corrected chi connectivity index (χ4v) is 3.81. The van der Waals surface area contributed by atoms with Crippen LogP contribution in [0.2, 0.25) is 0 Å². The molecule has 1 spiro atoms. The molecule has 3 rings (SSSR count). The van der Waals surface area contributed by atoms with Gasteiger partial charge in [-0.15, -0.1) is 0 Å². The lowest BCUT2D eigenvalue weighted by molar-refractivity contribution is 0.256. The van der Waals surface area contributed by atoms with E-state index in [1.165, 1.54) is 56.3 Å². The van der Waals surface area contributed by atoms with Crippen molar-refractivity contribution in [1.82, 2.24) is 4.90 Å². The van der Waals surface area contributed by atoms with E-state index in [2.05, 4.69) is 24.0 Å². The normalized spacial score (nSPS) is 22.9. The lowest BCUT2D eigenvalue weighted by Gasteiger charge is -2.24. The monoisotopic (exact) mass is 244 g/mol. The molecule has 2 nitrogen and oxygen atoms in total. The quantitative estimate of drug-likeness (QED) is 0.808. The second-order valence-corrected chi connectivity index (χ2v) is 6.37. The van der Waals surface area contributed by atoms with Crippen LogP contribution in [0.1, 0.15) is 43.2 Å². The minimum Gasteiger partial charge on any atom is -0.398 e. The van der Waals surface area contributed by atoms with Crippen molar-refractivity contribution in [3.05, 3.63) is 29.3 Å². The van der Waals surface area contributed by atoms with E-state index in [4.69, 9.17) is 5.73 Å². The average Bonchev–Trinajstić information content (AvgIpc) is 2.95. The van der Waals surface area contributed by atoms with Crippen LogP contribution in [0.5, 0.6) is 0 Å². The van der Waals surface area contributed by atoms with Crippen LogP contribution in [0.15, 0.2) is 18.2 Å². The summed E-state index contributed by atoms with van der Waals surface area (Å²) < 4.78 is 0. The Hall–Kier alpha value is -1.02. The zero-order valence-corrected chi connectivity index (χ0v) is 11.4. The highest BCUT2D eigenvalue weighted by molar-refractivity contribution is 5.48. The fraction of sp³-hybridized carbons (Fsp3) is 0.625. The summed E-state index contributed by atoms with van der Waals surface area (Å²) in [4.78, 5) is 2.61. The molecule has 1 saturated carbocycles. The largest absolute Gasteiger partial charge is 0.398 e. The molecule has 0 unspecified atom stereocenters. The van der Waals surface area contributed by atoms with Crippen molar-refractivity contribution in [1.29, 1.82) is 0 Å². The molecule has 0 aromatic heterocycles. The number of aryl methyl sites for hydroxylation is 1. The summed E-state index contributed by atoms with van der Waals surface area (Å²) in [6.45, 7) is 5.73. The molecule has 1 aliphatic carbocycles. The first-order valence-corrected chi connectivity index (χ1v) is 7.24. The molecule has 1 aromatic rings. The van der Waals surface area contributed by atoms with Crippen LogP contribution in [-0.2, 0) is 6.54 Å². The van der Waals surface area contributed by atoms with Gasteiger partial charge in [-0.3, -0.25) is 4.90 Å². The van der Waals surface area contributed by atoms with E-state index in [1.807, 2.05) is 6.07 Å². The van der Waals surface area contributed by atoms with Gasteiger partial charge in [0.15, 0.2) is 0 Å². The third kappa shape index (κ3) is 2.26. The molecule has 1 saturated heterocycles. The van der Waals surface area contributed by atoms with Crippen molar-refractivity contribution >= 4 is 5.69 Å². The Morgan fingerprint density at radius 3 is 2.78 bits per heavy atom. The van der Waals surface area contributed by atoms with Gasteiger partial charge in [-0.2, -0.15) is 0 Å². The highest BCUT2D eigenvalue weighted by Gasteiger charge is 2.39. The number of nitrogen functional groups attached to an aromatic ring is 1. The summed E-state index contributed by atoms with van der Waals surface area (Å²) in [5.74, 6) is 0. The van der Waals surface area contributed by atoms with Gasteiger partial charge >= 0.3 is 0 Å². The molecule has 0 amide bonds. The van der Waals surface area contributed by atoms with Crippen LogP contribution < -0.4 is 5.73 Å². The van der Waals surface area contributed by atoms with E-state index < -0.39 is 0 Å². The molecule has 1 aliphatic heterocycles. The first kappa shape index (κ1) is 12.0. The van der Waals surface area contributed by atoms with Crippen LogP contribution in [0, 0.1) is 12.3 Å². The Kier molecular flexibility index (Phi) is 3.06. The molecule has 98 valence electrons. The van der Waals surface area contributed by atoms with Gasteiger partial charge < -0.3 is 5.73 Å². The summed E-state index contributed by atoms with van der Waals surface area (Å²) in [7, 11) is 0. The molecular formula is C16H24N2. The van der Waals surface area contributed by atoms with Gasteiger partial charge in [-0.05, 0) is 49.8 Å². The van der Waals surface area contributed by atoms with Gasteiger partial charge in [0.25, 0.3) is 0 Å². The smallest absolute Gasteiger partial charge is 0.0359 e. The van der Waals surface area contributed by atoms with E-state index in [9.17, 15) is 0 Å². The maximum absolute atomic E-state index is 6.09. The first-order valence-electron chi connectivity index (χ1n) is 7.24. The zero-order valence-electron chi connectivity index (χ0n) is 11.4. The molecule has 0 bridgehead atoms. The SMILES string of the molecule is Cc1ccc(N)c(CN2CCC3(CCCC3)C2)c1.